The fourth-order valence-corrected chi connectivity index (χ4v) is 9.24. The molecule has 0 fully saturated rings. The first-order chi connectivity index (χ1) is 29.6. The van der Waals surface area contributed by atoms with Crippen LogP contribution in [0.4, 0.5) is 0 Å². The Kier molecular flexibility index (Phi) is 6.67. The molecule has 0 N–H and O–H groups in total. The summed E-state index contributed by atoms with van der Waals surface area (Å²) >= 11 is 0. The van der Waals surface area contributed by atoms with E-state index in [1.165, 1.54) is 0 Å². The van der Waals surface area contributed by atoms with Gasteiger partial charge in [0, 0.05) is 50.8 Å². The van der Waals surface area contributed by atoms with Crippen LogP contribution in [0.1, 0.15) is 0 Å². The van der Waals surface area contributed by atoms with Crippen LogP contribution in [0, 0.1) is 0 Å². The van der Waals surface area contributed by atoms with Crippen LogP contribution in [0.25, 0.3) is 133 Å². The molecule has 0 radical (unpaired) electrons. The van der Waals surface area contributed by atoms with Crippen LogP contribution >= 0.6 is 0 Å². The Bertz CT molecular complexity index is 3670. The molecule has 0 unspecified atom stereocenters. The van der Waals surface area contributed by atoms with Crippen molar-refractivity contribution in [2.45, 2.75) is 6.54 Å². The topological polar surface area (TPSA) is 104 Å². The quantitative estimate of drug-likeness (QED) is 0.161. The molecule has 0 amide bonds. The van der Waals surface area contributed by atoms with Gasteiger partial charge in [-0.1, -0.05) is 97.1 Å². The van der Waals surface area contributed by atoms with Crippen LogP contribution in [-0.2, 0) is 18.4 Å². The van der Waals surface area contributed by atoms with Crippen LogP contribution in [0.15, 0.2) is 146 Å². The highest BCUT2D eigenvalue weighted by atomic mass is 16.1. The highest BCUT2D eigenvalue weighted by molar-refractivity contribution is 6.14. The SMILES string of the molecule is Cn1c2nc3nc(nc4c5cc6ccccc6cc5c(nc5nc(nc1c1cc6ccccc6cc12)-c1cc2ccccc2cc1-5)n4CC=O)-c1cc2ccccc2cc1-3. The normalized spacial score (nSPS) is 12.2. The molecule has 0 saturated heterocycles. The molecule has 9 nitrogen and oxygen atoms in total. The first-order valence-corrected chi connectivity index (χ1v) is 19.9. The number of rotatable bonds is 2. The highest BCUT2D eigenvalue weighted by Gasteiger charge is 2.25. The highest BCUT2D eigenvalue weighted by Crippen LogP contribution is 2.41. The molecule has 0 saturated carbocycles. The Balaban J connectivity index is 1.28. The zero-order valence-corrected chi connectivity index (χ0v) is 32.1. The zero-order valence-electron chi connectivity index (χ0n) is 32.1. The molecule has 3 aromatic heterocycles. The van der Waals surface area contributed by atoms with Gasteiger partial charge in [-0.25, -0.2) is 29.9 Å². The molecule has 60 heavy (non-hydrogen) atoms. The molecule has 8 aromatic carbocycles. The summed E-state index contributed by atoms with van der Waals surface area (Å²) in [5, 5.41) is 12.2. The van der Waals surface area contributed by atoms with Crippen LogP contribution in [0.3, 0.4) is 0 Å². The number of carbonyl (C=O) groups excluding carboxylic acids is 1. The number of benzene rings is 8. The Labute approximate surface area is 340 Å². The van der Waals surface area contributed by atoms with Gasteiger partial charge in [0.25, 0.3) is 0 Å². The third-order valence-corrected chi connectivity index (χ3v) is 12.1. The van der Waals surface area contributed by atoms with Gasteiger partial charge in [-0.15, -0.1) is 0 Å². The average molecular weight is 771 g/mol. The van der Waals surface area contributed by atoms with Gasteiger partial charge in [-0.3, -0.25) is 0 Å². The van der Waals surface area contributed by atoms with Gasteiger partial charge in [0.15, 0.2) is 23.3 Å². The summed E-state index contributed by atoms with van der Waals surface area (Å²) in [6.45, 7) is 0.0177. The van der Waals surface area contributed by atoms with Crippen molar-refractivity contribution < 1.29 is 4.79 Å². The second-order valence-electron chi connectivity index (χ2n) is 15.6. The third kappa shape index (κ3) is 4.71. The molecule has 0 spiro atoms. The van der Waals surface area contributed by atoms with E-state index < -0.39 is 0 Å². The zero-order chi connectivity index (χ0) is 39.6. The molecule has 5 heterocycles. The third-order valence-electron chi connectivity index (χ3n) is 12.1. The van der Waals surface area contributed by atoms with Gasteiger partial charge < -0.3 is 13.9 Å². The minimum Gasteiger partial charge on any atom is -0.313 e. The van der Waals surface area contributed by atoms with E-state index in [0.717, 1.165) is 104 Å². The molecule has 280 valence electrons. The van der Waals surface area contributed by atoms with Crippen LogP contribution in [0.5, 0.6) is 0 Å². The van der Waals surface area contributed by atoms with Crippen molar-refractivity contribution in [2.24, 2.45) is 7.05 Å². The number of nitrogens with zero attached hydrogens (tertiary/aromatic N) is 8. The van der Waals surface area contributed by atoms with Crippen molar-refractivity contribution in [3.63, 3.8) is 0 Å². The molecule has 9 heteroatoms. The number of fused-ring (bicyclic) bond motifs is 24. The molecule has 0 atom stereocenters. The summed E-state index contributed by atoms with van der Waals surface area (Å²) in [7, 11) is 2.01. The minimum atomic E-state index is 0.0177. The summed E-state index contributed by atoms with van der Waals surface area (Å²) in [4.78, 5) is 44.9. The number of aldehydes is 1. The standard InChI is InChI=1S/C51H30N8O/c1-58-48-40-24-32-14-6-7-15-33(32)25-41(40)49(58)55-45-37-21-29-11-3-5-13-31(29)23-39(37)47(53-45)57-51-43-27-35-17-9-8-16-34(35)26-42(43)50(59(51)18-19-60)56-46-38-22-30-12-4-2-10-28(30)20-36(38)44(52-46)54-48/h2-17,19-27H,18H2,1H3. The predicted octanol–water partition coefficient (Wildman–Crippen LogP) is 11.2. The van der Waals surface area contributed by atoms with E-state index in [2.05, 4.69) is 109 Å². The molecule has 0 aliphatic carbocycles. The van der Waals surface area contributed by atoms with Crippen LogP contribution in [0.2, 0.25) is 0 Å². The van der Waals surface area contributed by atoms with E-state index in [0.29, 0.717) is 34.6 Å². The van der Waals surface area contributed by atoms with E-state index in [9.17, 15) is 4.79 Å². The Hall–Kier alpha value is -8.17. The second kappa shape index (κ2) is 12.2. The van der Waals surface area contributed by atoms with Crippen molar-refractivity contribution in [3.05, 3.63) is 146 Å². The van der Waals surface area contributed by atoms with Gasteiger partial charge in [0.2, 0.25) is 0 Å². The largest absolute Gasteiger partial charge is 0.313 e. The van der Waals surface area contributed by atoms with Gasteiger partial charge in [0.05, 0.1) is 6.54 Å². The van der Waals surface area contributed by atoms with Gasteiger partial charge in [-0.2, -0.15) is 0 Å². The summed E-state index contributed by atoms with van der Waals surface area (Å²) in [5.41, 5.74) is 6.06. The van der Waals surface area contributed by atoms with Gasteiger partial charge in [-0.05, 0) is 91.6 Å². The molecular formula is C51H30N8O. The number of hydrogen-bond acceptors (Lipinski definition) is 7. The van der Waals surface area contributed by atoms with Crippen molar-refractivity contribution >= 4 is 93.5 Å². The lowest BCUT2D eigenvalue weighted by molar-refractivity contribution is -0.108. The summed E-state index contributed by atoms with van der Waals surface area (Å²) < 4.78 is 3.94. The summed E-state index contributed by atoms with van der Waals surface area (Å²) in [6.07, 6.45) is 0.895. The van der Waals surface area contributed by atoms with Crippen LogP contribution < -0.4 is 0 Å². The van der Waals surface area contributed by atoms with E-state index in [-0.39, 0.29) is 6.54 Å². The predicted molar refractivity (Wildman–Crippen MR) is 240 cm³/mol. The van der Waals surface area contributed by atoms with Crippen LogP contribution in [-0.4, -0.2) is 45.3 Å². The summed E-state index contributed by atoms with van der Waals surface area (Å²) in [6, 6.07) is 50.4. The smallest absolute Gasteiger partial charge is 0.164 e. The monoisotopic (exact) mass is 770 g/mol. The van der Waals surface area contributed by atoms with Crippen molar-refractivity contribution in [1.29, 1.82) is 0 Å². The minimum absolute atomic E-state index is 0.0177. The maximum absolute atomic E-state index is 12.7. The van der Waals surface area contributed by atoms with Crippen molar-refractivity contribution in [3.8, 4) is 45.6 Å². The maximum Gasteiger partial charge on any atom is 0.164 e. The lowest BCUT2D eigenvalue weighted by atomic mass is 10.0. The summed E-state index contributed by atoms with van der Waals surface area (Å²) in [5.74, 6) is 2.10. The molecule has 2 aliphatic rings. The number of aryl methyl sites for hydroxylation is 1. The van der Waals surface area contributed by atoms with E-state index in [4.69, 9.17) is 29.9 Å². The van der Waals surface area contributed by atoms with Crippen molar-refractivity contribution in [1.82, 2.24) is 39.0 Å². The fraction of sp³-hybridized carbons (Fsp3) is 0.0392. The number of aromatic nitrogens is 8. The maximum atomic E-state index is 12.7. The first-order valence-electron chi connectivity index (χ1n) is 19.9. The molecule has 13 rings (SSSR count). The molecule has 2 aliphatic heterocycles. The number of carbonyl (C=O) groups is 1. The van der Waals surface area contributed by atoms with Crippen molar-refractivity contribution in [2.75, 3.05) is 0 Å². The molecular weight excluding hydrogens is 741 g/mol. The van der Waals surface area contributed by atoms with E-state index >= 15 is 0 Å². The van der Waals surface area contributed by atoms with Gasteiger partial charge in [0.1, 0.15) is 28.9 Å². The lowest BCUT2D eigenvalue weighted by Gasteiger charge is -2.04. The average Bonchev–Trinajstić information content (AvgIpc) is 3.95. The molecule has 11 aromatic rings. The fourth-order valence-electron chi connectivity index (χ4n) is 9.24. The second-order valence-corrected chi connectivity index (χ2v) is 15.6. The Morgan fingerprint density at radius 3 is 0.950 bits per heavy atom. The molecule has 8 bridgehead atoms. The first kappa shape index (κ1) is 32.9. The van der Waals surface area contributed by atoms with E-state index in [1.54, 1.807) is 0 Å². The Morgan fingerprint density at radius 1 is 0.383 bits per heavy atom. The lowest BCUT2D eigenvalue weighted by Crippen LogP contribution is -2.01. The number of hydrogen-bond donors (Lipinski definition) is 0. The van der Waals surface area contributed by atoms with E-state index in [1.807, 2.05) is 52.6 Å². The Morgan fingerprint density at radius 2 is 0.650 bits per heavy atom. The van der Waals surface area contributed by atoms with Gasteiger partial charge >= 0.3 is 0 Å².